The number of carbonyl (C=O) groups excluding carboxylic acids is 2. The van der Waals surface area contributed by atoms with Gasteiger partial charge in [-0.3, -0.25) is 9.48 Å². The third-order valence-corrected chi connectivity index (χ3v) is 4.32. The number of aromatic nitrogens is 2. The van der Waals surface area contributed by atoms with Crippen LogP contribution in [0.2, 0.25) is 0 Å². The van der Waals surface area contributed by atoms with Crippen LogP contribution in [0.25, 0.3) is 0 Å². The second kappa shape index (κ2) is 7.38. The number of rotatable bonds is 5. The number of carbonyl (C=O) groups is 2. The van der Waals surface area contributed by atoms with Crippen LogP contribution in [0.15, 0.2) is 36.5 Å². The van der Waals surface area contributed by atoms with Gasteiger partial charge in [-0.15, -0.1) is 0 Å². The molecule has 0 spiro atoms. The molecule has 1 atom stereocenters. The molecule has 0 bridgehead atoms. The lowest BCUT2D eigenvalue weighted by molar-refractivity contribution is -0.128. The van der Waals surface area contributed by atoms with Gasteiger partial charge in [-0.25, -0.2) is 4.79 Å². The van der Waals surface area contributed by atoms with Crippen LogP contribution < -0.4 is 10.6 Å². The highest BCUT2D eigenvalue weighted by atomic mass is 16.2. The number of anilines is 1. The number of aryl methyl sites for hydroxylation is 2. The maximum Gasteiger partial charge on any atom is 0.319 e. The molecule has 1 fully saturated rings. The van der Waals surface area contributed by atoms with Crippen LogP contribution in [0.5, 0.6) is 0 Å². The van der Waals surface area contributed by atoms with Crippen molar-refractivity contribution in [2.75, 3.05) is 18.4 Å². The molecule has 3 rings (SSSR count). The van der Waals surface area contributed by atoms with Crippen molar-refractivity contribution < 1.29 is 9.59 Å². The zero-order valence-corrected chi connectivity index (χ0v) is 14.5. The van der Waals surface area contributed by atoms with E-state index in [0.29, 0.717) is 31.7 Å². The minimum absolute atomic E-state index is 0.136. The lowest BCUT2D eigenvalue weighted by atomic mass is 10.1. The van der Waals surface area contributed by atoms with Gasteiger partial charge in [0, 0.05) is 45.2 Å². The fraction of sp³-hybridized carbons (Fsp3) is 0.389. The minimum atomic E-state index is -0.273. The minimum Gasteiger partial charge on any atom is -0.338 e. The smallest absolute Gasteiger partial charge is 0.319 e. The molecule has 2 N–H and O–H groups in total. The van der Waals surface area contributed by atoms with E-state index in [4.69, 9.17) is 0 Å². The molecule has 0 aliphatic carbocycles. The number of nitrogens with zero attached hydrogens (tertiary/aromatic N) is 3. The molecule has 0 radical (unpaired) electrons. The van der Waals surface area contributed by atoms with Crippen LogP contribution in [-0.2, 0) is 18.4 Å². The number of amides is 3. The summed E-state index contributed by atoms with van der Waals surface area (Å²) in [5.74, 6) is 0.274. The van der Waals surface area contributed by atoms with Crippen molar-refractivity contribution in [1.82, 2.24) is 20.0 Å². The Morgan fingerprint density at radius 1 is 1.32 bits per heavy atom. The predicted octanol–water partition coefficient (Wildman–Crippen LogP) is 1.90. The zero-order valence-electron chi connectivity index (χ0n) is 14.5. The second-order valence-corrected chi connectivity index (χ2v) is 6.47. The maximum atomic E-state index is 12.2. The van der Waals surface area contributed by atoms with Crippen LogP contribution in [0, 0.1) is 12.8 Å². The van der Waals surface area contributed by atoms with Gasteiger partial charge in [0.1, 0.15) is 0 Å². The molecule has 25 heavy (non-hydrogen) atoms. The molecule has 1 aliphatic rings. The van der Waals surface area contributed by atoms with E-state index in [0.717, 1.165) is 11.3 Å². The lowest BCUT2D eigenvalue weighted by Gasteiger charge is -2.17. The molecular weight excluding hydrogens is 318 g/mol. The maximum absolute atomic E-state index is 12.2. The summed E-state index contributed by atoms with van der Waals surface area (Å²) in [4.78, 5) is 26.0. The first-order chi connectivity index (χ1) is 12.0. The van der Waals surface area contributed by atoms with Crippen molar-refractivity contribution in [3.8, 4) is 0 Å². The van der Waals surface area contributed by atoms with Gasteiger partial charge < -0.3 is 15.5 Å². The Labute approximate surface area is 147 Å². The van der Waals surface area contributed by atoms with Gasteiger partial charge in [-0.1, -0.05) is 30.3 Å². The molecular formula is C18H23N5O2. The first-order valence-corrected chi connectivity index (χ1v) is 8.38. The lowest BCUT2D eigenvalue weighted by Crippen LogP contribution is -2.34. The first-order valence-electron chi connectivity index (χ1n) is 8.38. The Hall–Kier alpha value is -2.83. The highest BCUT2D eigenvalue weighted by molar-refractivity contribution is 5.89. The van der Waals surface area contributed by atoms with E-state index in [1.165, 1.54) is 0 Å². The van der Waals surface area contributed by atoms with E-state index < -0.39 is 0 Å². The van der Waals surface area contributed by atoms with Crippen molar-refractivity contribution in [2.24, 2.45) is 13.0 Å². The number of likely N-dealkylation sites (tertiary alicyclic amines) is 1. The molecule has 1 aromatic heterocycles. The van der Waals surface area contributed by atoms with Crippen molar-refractivity contribution >= 4 is 17.6 Å². The summed E-state index contributed by atoms with van der Waals surface area (Å²) in [5.41, 5.74) is 2.57. The molecule has 7 nitrogen and oxygen atoms in total. The van der Waals surface area contributed by atoms with Crippen LogP contribution >= 0.6 is 0 Å². The van der Waals surface area contributed by atoms with Crippen LogP contribution in [0.1, 0.15) is 17.7 Å². The molecule has 1 saturated heterocycles. The fourth-order valence-corrected chi connectivity index (χ4v) is 3.07. The van der Waals surface area contributed by atoms with Crippen LogP contribution in [0.3, 0.4) is 0 Å². The summed E-state index contributed by atoms with van der Waals surface area (Å²) >= 11 is 0. The number of benzene rings is 1. The summed E-state index contributed by atoms with van der Waals surface area (Å²) in [6.07, 6.45) is 2.23. The first kappa shape index (κ1) is 17.0. The Morgan fingerprint density at radius 3 is 2.76 bits per heavy atom. The number of nitrogens with one attached hydrogen (secondary N) is 2. The quantitative estimate of drug-likeness (QED) is 0.872. The van der Waals surface area contributed by atoms with Gasteiger partial charge in [0.15, 0.2) is 0 Å². The van der Waals surface area contributed by atoms with Crippen LogP contribution in [0.4, 0.5) is 10.5 Å². The van der Waals surface area contributed by atoms with Gasteiger partial charge in [-0.2, -0.15) is 5.10 Å². The van der Waals surface area contributed by atoms with Gasteiger partial charge in [0.25, 0.3) is 0 Å². The van der Waals surface area contributed by atoms with Gasteiger partial charge in [0.05, 0.1) is 11.4 Å². The van der Waals surface area contributed by atoms with E-state index in [-0.39, 0.29) is 17.9 Å². The molecule has 2 aromatic rings. The Balaban J connectivity index is 1.47. The summed E-state index contributed by atoms with van der Waals surface area (Å²) in [6.45, 7) is 3.60. The van der Waals surface area contributed by atoms with E-state index in [1.54, 1.807) is 10.9 Å². The zero-order chi connectivity index (χ0) is 17.8. The average molecular weight is 341 g/mol. The van der Waals surface area contributed by atoms with E-state index in [2.05, 4.69) is 15.7 Å². The molecule has 2 heterocycles. The van der Waals surface area contributed by atoms with Gasteiger partial charge in [-0.05, 0) is 12.5 Å². The van der Waals surface area contributed by atoms with E-state index in [1.807, 2.05) is 49.2 Å². The van der Waals surface area contributed by atoms with Crippen LogP contribution in [-0.4, -0.2) is 39.7 Å². The topological polar surface area (TPSA) is 79.3 Å². The number of hydrogen-bond acceptors (Lipinski definition) is 3. The third-order valence-electron chi connectivity index (χ3n) is 4.32. The van der Waals surface area contributed by atoms with Crippen molar-refractivity contribution in [2.45, 2.75) is 19.9 Å². The second-order valence-electron chi connectivity index (χ2n) is 6.47. The molecule has 1 aromatic carbocycles. The highest BCUT2D eigenvalue weighted by Gasteiger charge is 2.29. The van der Waals surface area contributed by atoms with Gasteiger partial charge in [0.2, 0.25) is 5.91 Å². The van der Waals surface area contributed by atoms with Crippen molar-refractivity contribution in [1.29, 1.82) is 0 Å². The summed E-state index contributed by atoms with van der Waals surface area (Å²) in [7, 11) is 1.81. The Kier molecular flexibility index (Phi) is 5.02. The average Bonchev–Trinajstić information content (AvgIpc) is 3.08. The molecule has 1 aliphatic heterocycles. The molecule has 3 amide bonds. The number of hydrogen-bond donors (Lipinski definition) is 2. The third kappa shape index (κ3) is 4.37. The summed E-state index contributed by atoms with van der Waals surface area (Å²) < 4.78 is 1.65. The predicted molar refractivity (Wildman–Crippen MR) is 94.9 cm³/mol. The van der Waals surface area contributed by atoms with E-state index >= 15 is 0 Å². The van der Waals surface area contributed by atoms with E-state index in [9.17, 15) is 9.59 Å². The molecule has 132 valence electrons. The number of urea groups is 1. The van der Waals surface area contributed by atoms with Gasteiger partial charge >= 0.3 is 6.03 Å². The normalized spacial score (nSPS) is 17.0. The highest BCUT2D eigenvalue weighted by Crippen LogP contribution is 2.19. The SMILES string of the molecule is Cc1nn(C)cc1NC(=O)NC[C@@H]1CC(=O)N(Cc2ccccc2)C1. The van der Waals surface area contributed by atoms with Crippen molar-refractivity contribution in [3.63, 3.8) is 0 Å². The van der Waals surface area contributed by atoms with Crippen molar-refractivity contribution in [3.05, 3.63) is 47.8 Å². The fourth-order valence-electron chi connectivity index (χ4n) is 3.07. The molecule has 7 heteroatoms. The molecule has 0 unspecified atom stereocenters. The largest absolute Gasteiger partial charge is 0.338 e. The molecule has 0 saturated carbocycles. The Morgan fingerprint density at radius 2 is 2.08 bits per heavy atom. The standard InChI is InChI=1S/C18H23N5O2/c1-13-16(12-22(2)21-13)20-18(25)19-9-15-8-17(24)23(11-15)10-14-6-4-3-5-7-14/h3-7,12,15H,8-11H2,1-2H3,(H2,19,20,25)/t15-/m0/s1. The summed E-state index contributed by atoms with van der Waals surface area (Å²) in [6, 6.07) is 9.67. The monoisotopic (exact) mass is 341 g/mol. The summed E-state index contributed by atoms with van der Waals surface area (Å²) in [5, 5.41) is 9.82. The Bertz CT molecular complexity index is 756.